The molecule has 0 spiro atoms. The third kappa shape index (κ3) is 4.91. The summed E-state index contributed by atoms with van der Waals surface area (Å²) in [6.45, 7) is 5.27. The Morgan fingerprint density at radius 1 is 1.20 bits per heavy atom. The number of anilines is 1. The Bertz CT molecular complexity index is 472. The molecule has 1 rings (SSSR count). The predicted molar refractivity (Wildman–Crippen MR) is 81.0 cm³/mol. The molecule has 0 aliphatic carbocycles. The molecule has 0 atom stereocenters. The second kappa shape index (κ2) is 8.19. The molecule has 3 N–H and O–H groups in total. The number of hydrogen-bond acceptors (Lipinski definition) is 3. The lowest BCUT2D eigenvalue weighted by molar-refractivity contribution is -0.120. The van der Waals surface area contributed by atoms with E-state index in [9.17, 15) is 9.59 Å². The summed E-state index contributed by atoms with van der Waals surface area (Å²) in [4.78, 5) is 23.1. The van der Waals surface area contributed by atoms with Gasteiger partial charge in [0.2, 0.25) is 5.91 Å². The average molecular weight is 277 g/mol. The zero-order valence-electron chi connectivity index (χ0n) is 12.4. The van der Waals surface area contributed by atoms with E-state index in [1.165, 1.54) is 0 Å². The van der Waals surface area contributed by atoms with Crippen LogP contribution in [0.1, 0.15) is 35.7 Å². The Morgan fingerprint density at radius 3 is 2.55 bits per heavy atom. The van der Waals surface area contributed by atoms with Crippen molar-refractivity contribution in [2.75, 3.05) is 25.5 Å². The average Bonchev–Trinajstić information content (AvgIpc) is 2.44. The van der Waals surface area contributed by atoms with Crippen molar-refractivity contribution in [2.45, 2.75) is 26.7 Å². The van der Waals surface area contributed by atoms with Crippen molar-refractivity contribution in [3.63, 3.8) is 0 Å². The van der Waals surface area contributed by atoms with Gasteiger partial charge in [0.25, 0.3) is 5.91 Å². The molecule has 0 radical (unpaired) electrons. The summed E-state index contributed by atoms with van der Waals surface area (Å²) in [5, 5.41) is 8.55. The fourth-order valence-corrected chi connectivity index (χ4v) is 1.81. The maximum absolute atomic E-state index is 12.0. The summed E-state index contributed by atoms with van der Waals surface area (Å²) in [6.07, 6.45) is 1.35. The molecule has 0 heterocycles. The molecule has 0 bridgehead atoms. The molecule has 0 saturated heterocycles. The van der Waals surface area contributed by atoms with Crippen molar-refractivity contribution in [1.82, 2.24) is 10.6 Å². The highest BCUT2D eigenvalue weighted by Gasteiger charge is 2.09. The fraction of sp³-hybridized carbons (Fsp3) is 0.467. The summed E-state index contributed by atoms with van der Waals surface area (Å²) in [7, 11) is 1.58. The second-order valence-electron chi connectivity index (χ2n) is 4.64. The van der Waals surface area contributed by atoms with Crippen LogP contribution in [0, 0.1) is 6.92 Å². The maximum atomic E-state index is 12.0. The van der Waals surface area contributed by atoms with Gasteiger partial charge < -0.3 is 16.0 Å². The smallest absolute Gasteiger partial charge is 0.251 e. The Morgan fingerprint density at radius 2 is 1.95 bits per heavy atom. The molecule has 0 aliphatic rings. The van der Waals surface area contributed by atoms with Crippen molar-refractivity contribution < 1.29 is 9.59 Å². The Balaban J connectivity index is 2.57. The van der Waals surface area contributed by atoms with E-state index in [2.05, 4.69) is 22.9 Å². The molecule has 5 nitrogen and oxygen atoms in total. The number of aryl methyl sites for hydroxylation is 1. The van der Waals surface area contributed by atoms with Gasteiger partial charge in [0.05, 0.1) is 0 Å². The largest absolute Gasteiger partial charge is 0.385 e. The number of carbonyl (C=O) groups is 2. The van der Waals surface area contributed by atoms with Gasteiger partial charge in [-0.25, -0.2) is 0 Å². The van der Waals surface area contributed by atoms with E-state index in [-0.39, 0.29) is 18.2 Å². The fourth-order valence-electron chi connectivity index (χ4n) is 1.81. The lowest BCUT2D eigenvalue weighted by Crippen LogP contribution is -2.29. The lowest BCUT2D eigenvalue weighted by atomic mass is 10.1. The molecule has 1 aromatic carbocycles. The number of hydrogen-bond donors (Lipinski definition) is 3. The third-order valence-corrected chi connectivity index (χ3v) is 2.97. The monoisotopic (exact) mass is 277 g/mol. The van der Waals surface area contributed by atoms with Gasteiger partial charge >= 0.3 is 0 Å². The molecule has 0 saturated carbocycles. The normalized spacial score (nSPS) is 9.95. The second-order valence-corrected chi connectivity index (χ2v) is 4.64. The molecule has 5 heteroatoms. The number of benzene rings is 1. The molecular weight excluding hydrogens is 254 g/mol. The van der Waals surface area contributed by atoms with E-state index in [0.29, 0.717) is 12.1 Å². The van der Waals surface area contributed by atoms with Gasteiger partial charge in [-0.05, 0) is 37.1 Å². The highest BCUT2D eigenvalue weighted by molar-refractivity contribution is 5.96. The first kappa shape index (κ1) is 16.0. The van der Waals surface area contributed by atoms with Gasteiger partial charge in [-0.3, -0.25) is 9.59 Å². The van der Waals surface area contributed by atoms with Crippen molar-refractivity contribution in [1.29, 1.82) is 0 Å². The van der Waals surface area contributed by atoms with Crippen LogP contribution in [0.4, 0.5) is 5.69 Å². The number of carbonyl (C=O) groups excluding carboxylic acids is 2. The van der Waals surface area contributed by atoms with Crippen LogP contribution in [0.2, 0.25) is 0 Å². The summed E-state index contributed by atoms with van der Waals surface area (Å²) in [6, 6.07) is 5.67. The van der Waals surface area contributed by atoms with Crippen LogP contribution < -0.4 is 16.0 Å². The molecule has 110 valence electrons. The van der Waals surface area contributed by atoms with Gasteiger partial charge in [-0.15, -0.1) is 0 Å². The number of rotatable bonds is 7. The third-order valence-electron chi connectivity index (χ3n) is 2.97. The van der Waals surface area contributed by atoms with Crippen molar-refractivity contribution in [3.8, 4) is 0 Å². The lowest BCUT2D eigenvalue weighted by Gasteiger charge is -2.10. The van der Waals surface area contributed by atoms with Gasteiger partial charge in [0.15, 0.2) is 0 Å². The zero-order chi connectivity index (χ0) is 15.0. The zero-order valence-corrected chi connectivity index (χ0v) is 12.4. The minimum absolute atomic E-state index is 0.0823. The summed E-state index contributed by atoms with van der Waals surface area (Å²) in [5.74, 6) is -0.227. The van der Waals surface area contributed by atoms with Crippen LogP contribution >= 0.6 is 0 Å². The Hall–Kier alpha value is -2.04. The summed E-state index contributed by atoms with van der Waals surface area (Å²) >= 11 is 0. The maximum Gasteiger partial charge on any atom is 0.251 e. The topological polar surface area (TPSA) is 70.2 Å². The standard InChI is InChI=1S/C15H23N3O2/c1-4-8-17-12-5-6-13(11(2)10-12)15(20)18-9-7-14(19)16-3/h5-6,10,17H,4,7-9H2,1-3H3,(H,16,19)(H,18,20). The Kier molecular flexibility index (Phi) is 6.56. The van der Waals surface area contributed by atoms with Gasteiger partial charge in [-0.1, -0.05) is 6.92 Å². The molecular formula is C15H23N3O2. The van der Waals surface area contributed by atoms with Gasteiger partial charge in [-0.2, -0.15) is 0 Å². The van der Waals surface area contributed by atoms with Crippen LogP contribution in [0.5, 0.6) is 0 Å². The molecule has 0 unspecified atom stereocenters. The van der Waals surface area contributed by atoms with Crippen LogP contribution in [0.25, 0.3) is 0 Å². The molecule has 0 aliphatic heterocycles. The van der Waals surface area contributed by atoms with E-state index < -0.39 is 0 Å². The first-order chi connectivity index (χ1) is 9.58. The van der Waals surface area contributed by atoms with E-state index in [4.69, 9.17) is 0 Å². The molecule has 20 heavy (non-hydrogen) atoms. The highest BCUT2D eigenvalue weighted by atomic mass is 16.2. The molecule has 0 aromatic heterocycles. The molecule has 2 amide bonds. The summed E-state index contributed by atoms with van der Waals surface area (Å²) in [5.41, 5.74) is 2.58. The van der Waals surface area contributed by atoms with E-state index in [1.807, 2.05) is 25.1 Å². The van der Waals surface area contributed by atoms with Crippen LogP contribution in [-0.4, -0.2) is 32.0 Å². The van der Waals surface area contributed by atoms with E-state index >= 15 is 0 Å². The van der Waals surface area contributed by atoms with E-state index in [0.717, 1.165) is 24.2 Å². The highest BCUT2D eigenvalue weighted by Crippen LogP contribution is 2.15. The summed E-state index contributed by atoms with van der Waals surface area (Å²) < 4.78 is 0. The number of amides is 2. The predicted octanol–water partition coefficient (Wildman–Crippen LogP) is 1.68. The first-order valence-electron chi connectivity index (χ1n) is 6.91. The SMILES string of the molecule is CCCNc1ccc(C(=O)NCCC(=O)NC)c(C)c1. The van der Waals surface area contributed by atoms with E-state index in [1.54, 1.807) is 7.05 Å². The van der Waals surface area contributed by atoms with Gasteiger partial charge in [0.1, 0.15) is 0 Å². The first-order valence-corrected chi connectivity index (χ1v) is 6.91. The molecule has 1 aromatic rings. The van der Waals surface area contributed by atoms with Crippen LogP contribution in [0.3, 0.4) is 0 Å². The quantitative estimate of drug-likeness (QED) is 0.710. The van der Waals surface area contributed by atoms with Crippen molar-refractivity contribution in [2.24, 2.45) is 0 Å². The Labute approximate surface area is 120 Å². The molecule has 0 fully saturated rings. The van der Waals surface area contributed by atoms with Crippen molar-refractivity contribution >= 4 is 17.5 Å². The number of nitrogens with one attached hydrogen (secondary N) is 3. The minimum atomic E-state index is -0.145. The van der Waals surface area contributed by atoms with Crippen LogP contribution in [0.15, 0.2) is 18.2 Å². The van der Waals surface area contributed by atoms with Gasteiger partial charge in [0, 0.05) is 37.8 Å². The van der Waals surface area contributed by atoms with Crippen molar-refractivity contribution in [3.05, 3.63) is 29.3 Å². The minimum Gasteiger partial charge on any atom is -0.385 e. The van der Waals surface area contributed by atoms with Crippen LogP contribution in [-0.2, 0) is 4.79 Å².